The van der Waals surface area contributed by atoms with Gasteiger partial charge in [0.2, 0.25) is 5.91 Å². The van der Waals surface area contributed by atoms with Crippen molar-refractivity contribution in [2.75, 3.05) is 6.54 Å². The highest BCUT2D eigenvalue weighted by Crippen LogP contribution is 2.19. The van der Waals surface area contributed by atoms with E-state index in [9.17, 15) is 19.7 Å². The molecular formula is C13H12N2O5. The maximum Gasteiger partial charge on any atom is 0.342 e. The SMILES string of the molecule is CC(=O)NCCC#Cc1ccc([N+](=O)[O-])c(C(=O)O)c1. The Hall–Kier alpha value is -2.88. The van der Waals surface area contributed by atoms with Gasteiger partial charge in [-0.1, -0.05) is 11.8 Å². The summed E-state index contributed by atoms with van der Waals surface area (Å²) in [6, 6.07) is 3.66. The molecule has 2 N–H and O–H groups in total. The Balaban J connectivity index is 2.85. The zero-order valence-electron chi connectivity index (χ0n) is 10.7. The summed E-state index contributed by atoms with van der Waals surface area (Å²) in [5.41, 5.74) is -0.499. The highest BCUT2D eigenvalue weighted by Gasteiger charge is 2.19. The predicted octanol–water partition coefficient (Wildman–Crippen LogP) is 1.17. The van der Waals surface area contributed by atoms with Gasteiger partial charge in [0.15, 0.2) is 0 Å². The van der Waals surface area contributed by atoms with Gasteiger partial charge in [0.05, 0.1) is 4.92 Å². The summed E-state index contributed by atoms with van der Waals surface area (Å²) in [7, 11) is 0. The molecule has 20 heavy (non-hydrogen) atoms. The lowest BCUT2D eigenvalue weighted by Gasteiger charge is -1.98. The van der Waals surface area contributed by atoms with E-state index < -0.39 is 22.1 Å². The molecule has 0 radical (unpaired) electrons. The van der Waals surface area contributed by atoms with E-state index >= 15 is 0 Å². The van der Waals surface area contributed by atoms with Crippen molar-refractivity contribution in [2.24, 2.45) is 0 Å². The number of aromatic carboxylic acids is 1. The third-order valence-electron chi connectivity index (χ3n) is 2.28. The second-order valence-electron chi connectivity index (χ2n) is 3.83. The second kappa shape index (κ2) is 6.89. The number of nitro groups is 1. The molecule has 0 fully saturated rings. The molecule has 0 aromatic heterocycles. The molecule has 1 amide bonds. The molecule has 1 rings (SSSR count). The fourth-order valence-electron chi connectivity index (χ4n) is 1.41. The summed E-state index contributed by atoms with van der Waals surface area (Å²) < 4.78 is 0. The first-order valence-corrected chi connectivity index (χ1v) is 5.67. The predicted molar refractivity (Wildman–Crippen MR) is 70.2 cm³/mol. The molecule has 1 aromatic rings. The standard InChI is InChI=1S/C13H12N2O5/c1-9(16)14-7-3-2-4-10-5-6-12(15(19)20)11(8-10)13(17)18/h5-6,8H,3,7H2,1H3,(H,14,16)(H,17,18). The van der Waals surface area contributed by atoms with E-state index in [0.717, 1.165) is 12.1 Å². The van der Waals surface area contributed by atoms with Crippen LogP contribution in [-0.2, 0) is 4.79 Å². The number of carbonyl (C=O) groups excluding carboxylic acids is 1. The summed E-state index contributed by atoms with van der Waals surface area (Å²) in [5, 5.41) is 22.1. The van der Waals surface area contributed by atoms with E-state index in [4.69, 9.17) is 5.11 Å². The van der Waals surface area contributed by atoms with Crippen LogP contribution < -0.4 is 5.32 Å². The first-order valence-electron chi connectivity index (χ1n) is 5.67. The molecule has 0 aliphatic heterocycles. The van der Waals surface area contributed by atoms with Gasteiger partial charge in [0.1, 0.15) is 5.56 Å². The number of carboxylic acids is 1. The largest absolute Gasteiger partial charge is 0.477 e. The average molecular weight is 276 g/mol. The zero-order chi connectivity index (χ0) is 15.1. The number of amides is 1. The van der Waals surface area contributed by atoms with E-state index in [0.29, 0.717) is 18.5 Å². The van der Waals surface area contributed by atoms with Gasteiger partial charge in [-0.3, -0.25) is 14.9 Å². The number of nitrogens with one attached hydrogen (secondary N) is 1. The van der Waals surface area contributed by atoms with Crippen LogP contribution in [0.3, 0.4) is 0 Å². The van der Waals surface area contributed by atoms with Crippen molar-refractivity contribution in [1.82, 2.24) is 5.32 Å². The van der Waals surface area contributed by atoms with Crippen molar-refractivity contribution in [3.8, 4) is 11.8 Å². The Morgan fingerprint density at radius 3 is 2.70 bits per heavy atom. The van der Waals surface area contributed by atoms with Crippen molar-refractivity contribution in [3.05, 3.63) is 39.4 Å². The van der Waals surface area contributed by atoms with Gasteiger partial charge in [-0.05, 0) is 12.1 Å². The van der Waals surface area contributed by atoms with Gasteiger partial charge in [0, 0.05) is 31.5 Å². The molecule has 0 atom stereocenters. The van der Waals surface area contributed by atoms with E-state index in [-0.39, 0.29) is 5.91 Å². The lowest BCUT2D eigenvalue weighted by molar-refractivity contribution is -0.385. The van der Waals surface area contributed by atoms with E-state index in [1.165, 1.54) is 13.0 Å². The molecule has 0 spiro atoms. The number of carboxylic acid groups (broad SMARTS) is 1. The number of hydrogen-bond acceptors (Lipinski definition) is 4. The van der Waals surface area contributed by atoms with E-state index in [1.54, 1.807) is 0 Å². The van der Waals surface area contributed by atoms with Crippen molar-refractivity contribution in [1.29, 1.82) is 0 Å². The molecule has 7 heteroatoms. The monoisotopic (exact) mass is 276 g/mol. The van der Waals surface area contributed by atoms with Gasteiger partial charge in [0.25, 0.3) is 5.69 Å². The fourth-order valence-corrected chi connectivity index (χ4v) is 1.41. The Labute approximate surface area is 114 Å². The van der Waals surface area contributed by atoms with Crippen molar-refractivity contribution >= 4 is 17.6 Å². The quantitative estimate of drug-likeness (QED) is 0.371. The third kappa shape index (κ3) is 4.42. The minimum absolute atomic E-state index is 0.157. The summed E-state index contributed by atoms with van der Waals surface area (Å²) in [4.78, 5) is 31.5. The number of nitrogens with zero attached hydrogens (tertiary/aromatic N) is 1. The highest BCUT2D eigenvalue weighted by molar-refractivity contribution is 5.92. The van der Waals surface area contributed by atoms with Crippen LogP contribution in [0.2, 0.25) is 0 Å². The maximum atomic E-state index is 10.9. The molecule has 0 saturated heterocycles. The van der Waals surface area contributed by atoms with Crippen LogP contribution in [0.1, 0.15) is 29.3 Å². The van der Waals surface area contributed by atoms with Crippen LogP contribution >= 0.6 is 0 Å². The van der Waals surface area contributed by atoms with Crippen molar-refractivity contribution in [2.45, 2.75) is 13.3 Å². The Kier molecular flexibility index (Phi) is 5.23. The van der Waals surface area contributed by atoms with Crippen LogP contribution in [0.4, 0.5) is 5.69 Å². The molecule has 1 aromatic carbocycles. The minimum atomic E-state index is -1.38. The maximum absolute atomic E-state index is 10.9. The zero-order valence-corrected chi connectivity index (χ0v) is 10.7. The highest BCUT2D eigenvalue weighted by atomic mass is 16.6. The smallest absolute Gasteiger partial charge is 0.342 e. The molecule has 0 saturated carbocycles. The van der Waals surface area contributed by atoms with Crippen LogP contribution in [0.15, 0.2) is 18.2 Å². The summed E-state index contributed by atoms with van der Waals surface area (Å²) in [5.74, 6) is 3.90. The van der Waals surface area contributed by atoms with E-state index in [2.05, 4.69) is 17.2 Å². The topological polar surface area (TPSA) is 110 Å². The van der Waals surface area contributed by atoms with Crippen molar-refractivity contribution < 1.29 is 19.6 Å². The van der Waals surface area contributed by atoms with Gasteiger partial charge < -0.3 is 10.4 Å². The fraction of sp³-hybridized carbons (Fsp3) is 0.231. The first-order chi connectivity index (χ1) is 9.41. The van der Waals surface area contributed by atoms with Crippen molar-refractivity contribution in [3.63, 3.8) is 0 Å². The molecule has 0 unspecified atom stereocenters. The van der Waals surface area contributed by atoms with Gasteiger partial charge in [-0.15, -0.1) is 0 Å². The summed E-state index contributed by atoms with van der Waals surface area (Å²) >= 11 is 0. The first kappa shape index (κ1) is 15.2. The number of hydrogen-bond donors (Lipinski definition) is 2. The number of benzene rings is 1. The Morgan fingerprint density at radius 1 is 1.45 bits per heavy atom. The molecule has 0 heterocycles. The van der Waals surface area contributed by atoms with Crippen LogP contribution in [-0.4, -0.2) is 28.5 Å². The number of nitro benzene ring substituents is 1. The normalized spacial score (nSPS) is 9.25. The molecule has 7 nitrogen and oxygen atoms in total. The van der Waals surface area contributed by atoms with Crippen LogP contribution in [0, 0.1) is 22.0 Å². The lowest BCUT2D eigenvalue weighted by atomic mass is 10.1. The Morgan fingerprint density at radius 2 is 2.15 bits per heavy atom. The van der Waals surface area contributed by atoms with Gasteiger partial charge in [-0.2, -0.15) is 0 Å². The molecule has 0 aliphatic carbocycles. The summed E-state index contributed by atoms with van der Waals surface area (Å²) in [6.07, 6.45) is 0.402. The Bertz CT molecular complexity index is 613. The van der Waals surface area contributed by atoms with Crippen LogP contribution in [0.5, 0.6) is 0 Å². The number of carbonyl (C=O) groups is 2. The van der Waals surface area contributed by atoms with Crippen LogP contribution in [0.25, 0.3) is 0 Å². The van der Waals surface area contributed by atoms with Gasteiger partial charge in [-0.25, -0.2) is 4.79 Å². The van der Waals surface area contributed by atoms with Gasteiger partial charge >= 0.3 is 5.97 Å². The molecular weight excluding hydrogens is 264 g/mol. The van der Waals surface area contributed by atoms with E-state index in [1.807, 2.05) is 0 Å². The molecule has 0 aliphatic rings. The number of rotatable bonds is 4. The average Bonchev–Trinajstić information content (AvgIpc) is 2.37. The lowest BCUT2D eigenvalue weighted by Crippen LogP contribution is -2.20. The third-order valence-corrected chi connectivity index (χ3v) is 2.28. The molecule has 0 bridgehead atoms. The summed E-state index contributed by atoms with van der Waals surface area (Å²) in [6.45, 7) is 1.78. The second-order valence-corrected chi connectivity index (χ2v) is 3.83. The minimum Gasteiger partial charge on any atom is -0.477 e. The molecule has 104 valence electrons.